The summed E-state index contributed by atoms with van der Waals surface area (Å²) in [5.41, 5.74) is -7.82. The summed E-state index contributed by atoms with van der Waals surface area (Å²) in [6.45, 7) is 22.1. The first kappa shape index (κ1) is 65.5. The molecule has 65 heavy (non-hydrogen) atoms. The number of hydrogen-bond acceptors (Lipinski definition) is 15. The van der Waals surface area contributed by atoms with Crippen LogP contribution in [0.1, 0.15) is 122 Å². The molecule has 17 heteroatoms. The van der Waals surface area contributed by atoms with Crippen LogP contribution in [0.4, 0.5) is 0 Å². The number of carboxylic acid groups (broad SMARTS) is 2. The van der Waals surface area contributed by atoms with Crippen LogP contribution >= 0.6 is 75.8 Å². The minimum absolute atomic E-state index is 0.00123. The fourth-order valence-electron chi connectivity index (χ4n) is 8.92. The van der Waals surface area contributed by atoms with Crippen LogP contribution in [0.3, 0.4) is 0 Å². The lowest BCUT2D eigenvalue weighted by molar-refractivity contribution is -0.211. The molecule has 0 amide bonds. The van der Waals surface area contributed by atoms with Gasteiger partial charge in [-0.15, -0.1) is 0 Å². The molecular formula is C48H92O11S6. The zero-order valence-electron chi connectivity index (χ0n) is 41.5. The summed E-state index contributed by atoms with van der Waals surface area (Å²) in [6.07, 6.45) is 6.02. The van der Waals surface area contributed by atoms with E-state index in [0.717, 1.165) is 0 Å². The van der Waals surface area contributed by atoms with Crippen LogP contribution in [0.15, 0.2) is 12.2 Å². The van der Waals surface area contributed by atoms with Gasteiger partial charge in [0.05, 0.1) is 69.1 Å². The molecule has 0 bridgehead atoms. The van der Waals surface area contributed by atoms with Crippen molar-refractivity contribution in [2.45, 2.75) is 153 Å². The summed E-state index contributed by atoms with van der Waals surface area (Å²) >= 11 is 30.9. The number of ether oxygens (including phenoxy) is 1. The molecule has 0 aromatic heterocycles. The van der Waals surface area contributed by atoms with E-state index >= 15 is 0 Å². The van der Waals surface area contributed by atoms with E-state index in [2.05, 4.69) is 61.5 Å². The number of hydrogen-bond donors (Lipinski definition) is 14. The molecule has 0 saturated carbocycles. The fraction of sp³-hybridized carbons (Fsp3) is 0.917. The first-order valence-corrected chi connectivity index (χ1v) is 26.5. The van der Waals surface area contributed by atoms with Crippen LogP contribution in [0, 0.1) is 68.0 Å². The monoisotopic (exact) mass is 1040 g/mol. The average Bonchev–Trinajstić information content (AvgIpc) is 3.23. The maximum atomic E-state index is 14.9. The Labute approximate surface area is 426 Å². The van der Waals surface area contributed by atoms with Crippen molar-refractivity contribution in [3.63, 3.8) is 0 Å². The Bertz CT molecular complexity index is 1350. The molecule has 1 rings (SSSR count). The number of allylic oxidation sites excluding steroid dienone is 1. The van der Waals surface area contributed by atoms with Gasteiger partial charge in [0.25, 0.3) is 0 Å². The lowest BCUT2D eigenvalue weighted by atomic mass is 9.34. The highest BCUT2D eigenvalue weighted by atomic mass is 32.1. The fourth-order valence-corrected chi connectivity index (χ4v) is 10.8. The Morgan fingerprint density at radius 3 is 0.985 bits per heavy atom. The van der Waals surface area contributed by atoms with E-state index in [1.165, 1.54) is 0 Å². The van der Waals surface area contributed by atoms with Crippen LogP contribution in [0.5, 0.6) is 0 Å². The van der Waals surface area contributed by atoms with Crippen LogP contribution < -0.4 is 0 Å². The standard InChI is InChI=1S/C38H70O4S6.C10H22O7/c1-21(2)27(43)15-35(16-28(44)22(3)4)13-14-36(33(39)40,17-29(45)23(5)6)38(34(41)42,20-32(48)26(11)12)37(35,18-30(46)24(7)8)19-31(47)25(9)10;11-1-9(2-12,3-13)7-17-8-10(4-14,5-15)6-16/h13-14,21-32,43-48H,15-20H2,1-12H3,(H,39,40)(H,41,42);11-16H,1-8H2. The SMILES string of the molecule is CC(C)C(S)CC1(CC(S)C(C)C)C=CC(CC(S)C(C)C)(C(=O)O)C(CC(S)C(C)C)(C(=O)O)C1(CC(S)C(C)C)CC(S)C(C)C.OCC(CO)(CO)COCC(CO)(CO)CO. The molecule has 1 aliphatic rings. The van der Waals surface area contributed by atoms with E-state index in [4.69, 9.17) is 111 Å². The van der Waals surface area contributed by atoms with Gasteiger partial charge in [0.2, 0.25) is 0 Å². The highest BCUT2D eigenvalue weighted by Gasteiger charge is 2.77. The predicted octanol–water partition coefficient (Wildman–Crippen LogP) is 7.67. The first-order chi connectivity index (χ1) is 29.9. The second-order valence-corrected chi connectivity index (χ2v) is 25.6. The molecule has 0 heterocycles. The highest BCUT2D eigenvalue weighted by molar-refractivity contribution is 7.81. The quantitative estimate of drug-likeness (QED) is 0.0249. The zero-order chi connectivity index (χ0) is 51.1. The van der Waals surface area contributed by atoms with Crippen molar-refractivity contribution >= 4 is 87.7 Å². The summed E-state index contributed by atoms with van der Waals surface area (Å²) in [7, 11) is 0. The molecule has 8 N–H and O–H groups in total. The van der Waals surface area contributed by atoms with Gasteiger partial charge in [-0.1, -0.05) is 95.2 Å². The summed E-state index contributed by atoms with van der Waals surface area (Å²) in [4.78, 5) is 29.2. The van der Waals surface area contributed by atoms with E-state index in [9.17, 15) is 19.8 Å². The van der Waals surface area contributed by atoms with Crippen LogP contribution in [-0.2, 0) is 14.3 Å². The second-order valence-electron chi connectivity index (χ2n) is 21.6. The summed E-state index contributed by atoms with van der Waals surface area (Å²) in [5.74, 6) is -1.58. The molecule has 0 fully saturated rings. The zero-order valence-corrected chi connectivity index (χ0v) is 46.8. The number of aliphatic carboxylic acids is 2. The first-order valence-electron chi connectivity index (χ1n) is 23.4. The molecule has 1 aliphatic carbocycles. The molecule has 0 radical (unpaired) electrons. The Hall–Kier alpha value is 0.500. The van der Waals surface area contributed by atoms with E-state index < -0.39 is 84.1 Å². The summed E-state index contributed by atoms with van der Waals surface area (Å²) in [5, 5.41) is 76.7. The maximum Gasteiger partial charge on any atom is 0.314 e. The third-order valence-corrected chi connectivity index (χ3v) is 19.4. The third kappa shape index (κ3) is 15.7. The van der Waals surface area contributed by atoms with E-state index in [0.29, 0.717) is 25.7 Å². The lowest BCUT2D eigenvalue weighted by Gasteiger charge is -2.68. The molecule has 8 unspecified atom stereocenters. The molecule has 0 aromatic rings. The topological polar surface area (TPSA) is 205 Å². The number of thiol groups is 6. The van der Waals surface area contributed by atoms with Gasteiger partial charge in [0.15, 0.2) is 0 Å². The molecule has 0 spiro atoms. The number of aliphatic hydroxyl groups excluding tert-OH is 6. The molecule has 386 valence electrons. The van der Waals surface area contributed by atoms with Gasteiger partial charge >= 0.3 is 11.9 Å². The highest BCUT2D eigenvalue weighted by Crippen LogP contribution is 2.74. The Kier molecular flexibility index (Phi) is 28.7. The summed E-state index contributed by atoms with van der Waals surface area (Å²) < 4.78 is 5.15. The van der Waals surface area contributed by atoms with E-state index in [1.807, 2.05) is 27.7 Å². The third-order valence-electron chi connectivity index (χ3n) is 14.7. The largest absolute Gasteiger partial charge is 0.481 e. The van der Waals surface area contributed by atoms with Crippen LogP contribution in [0.25, 0.3) is 0 Å². The summed E-state index contributed by atoms with van der Waals surface area (Å²) in [6, 6.07) is 0. The van der Waals surface area contributed by atoms with Crippen molar-refractivity contribution in [2.24, 2.45) is 68.0 Å². The van der Waals surface area contributed by atoms with Gasteiger partial charge in [-0.2, -0.15) is 75.8 Å². The minimum atomic E-state index is -1.80. The van der Waals surface area contributed by atoms with Crippen molar-refractivity contribution in [3.05, 3.63) is 12.2 Å². The Balaban J connectivity index is 0.00000202. The molecular weight excluding hydrogens is 945 g/mol. The number of rotatable bonds is 30. The van der Waals surface area contributed by atoms with Gasteiger partial charge in [-0.25, -0.2) is 0 Å². The number of aliphatic hydroxyl groups is 6. The molecule has 0 aliphatic heterocycles. The average molecular weight is 1040 g/mol. The number of carbonyl (C=O) groups is 2. The Morgan fingerprint density at radius 2 is 0.723 bits per heavy atom. The van der Waals surface area contributed by atoms with Crippen molar-refractivity contribution < 1.29 is 55.2 Å². The Morgan fingerprint density at radius 1 is 0.446 bits per heavy atom. The van der Waals surface area contributed by atoms with Gasteiger partial charge < -0.3 is 45.6 Å². The van der Waals surface area contributed by atoms with Gasteiger partial charge in [0.1, 0.15) is 5.41 Å². The van der Waals surface area contributed by atoms with Crippen LogP contribution in [0.2, 0.25) is 0 Å². The van der Waals surface area contributed by atoms with Crippen molar-refractivity contribution in [2.75, 3.05) is 52.9 Å². The van der Waals surface area contributed by atoms with E-state index in [-0.39, 0.29) is 93.1 Å². The number of carboxylic acids is 2. The molecule has 8 atom stereocenters. The van der Waals surface area contributed by atoms with E-state index in [1.54, 1.807) is 6.08 Å². The van der Waals surface area contributed by atoms with Gasteiger partial charge in [-0.3, -0.25) is 9.59 Å². The maximum absolute atomic E-state index is 14.9. The molecule has 0 aromatic carbocycles. The lowest BCUT2D eigenvalue weighted by Crippen LogP contribution is -2.71. The molecule has 0 saturated heterocycles. The van der Waals surface area contributed by atoms with Gasteiger partial charge in [0, 0.05) is 31.5 Å². The van der Waals surface area contributed by atoms with Crippen molar-refractivity contribution in [1.82, 2.24) is 0 Å². The van der Waals surface area contributed by atoms with Crippen molar-refractivity contribution in [3.8, 4) is 0 Å². The minimum Gasteiger partial charge on any atom is -0.481 e. The van der Waals surface area contributed by atoms with Crippen molar-refractivity contribution in [1.29, 1.82) is 0 Å². The normalized spacial score (nSPS) is 25.8. The van der Waals surface area contributed by atoms with Gasteiger partial charge in [-0.05, 0) is 84.9 Å². The molecule has 11 nitrogen and oxygen atoms in total. The van der Waals surface area contributed by atoms with Crippen LogP contribution in [-0.4, -0.2) is 137 Å². The predicted molar refractivity (Wildman–Crippen MR) is 286 cm³/mol. The smallest absolute Gasteiger partial charge is 0.314 e. The second kappa shape index (κ2) is 28.5.